The number of aromatic nitrogens is 2. The highest BCUT2D eigenvalue weighted by atomic mass is 35.5. The highest BCUT2D eigenvalue weighted by Gasteiger charge is 2.33. The van der Waals surface area contributed by atoms with Crippen molar-refractivity contribution in [3.05, 3.63) is 39.9 Å². The summed E-state index contributed by atoms with van der Waals surface area (Å²) in [6.07, 6.45) is 1.95. The summed E-state index contributed by atoms with van der Waals surface area (Å²) in [5.74, 6) is 1.72. The van der Waals surface area contributed by atoms with Crippen LogP contribution in [0.3, 0.4) is 0 Å². The number of nitrogens with zero attached hydrogens (tertiary/aromatic N) is 4. The maximum absolute atomic E-state index is 6.23. The van der Waals surface area contributed by atoms with Crippen molar-refractivity contribution in [3.63, 3.8) is 0 Å². The van der Waals surface area contributed by atoms with Gasteiger partial charge in [-0.3, -0.25) is 4.90 Å². The van der Waals surface area contributed by atoms with Crippen LogP contribution in [-0.4, -0.2) is 16.9 Å². The number of halogens is 2. The van der Waals surface area contributed by atoms with E-state index in [4.69, 9.17) is 39.3 Å². The summed E-state index contributed by atoms with van der Waals surface area (Å²) in [7, 11) is 0. The van der Waals surface area contributed by atoms with Crippen molar-refractivity contribution >= 4 is 40.5 Å². The van der Waals surface area contributed by atoms with Crippen LogP contribution in [-0.2, 0) is 0 Å². The lowest BCUT2D eigenvalue weighted by molar-refractivity contribution is 0.309. The molecule has 7 nitrogen and oxygen atoms in total. The number of rotatable bonds is 4. The summed E-state index contributed by atoms with van der Waals surface area (Å²) in [6.45, 7) is 2.77. The number of nitrogens with two attached hydrogens (primary N) is 2. The lowest BCUT2D eigenvalue weighted by Gasteiger charge is -2.34. The molecule has 23 heavy (non-hydrogen) atoms. The van der Waals surface area contributed by atoms with Gasteiger partial charge in [-0.2, -0.15) is 0 Å². The average molecular weight is 355 g/mol. The first-order valence-corrected chi connectivity index (χ1v) is 7.90. The summed E-state index contributed by atoms with van der Waals surface area (Å²) < 4.78 is 4.90. The molecule has 0 saturated carbocycles. The van der Waals surface area contributed by atoms with Gasteiger partial charge in [-0.15, -0.1) is 0 Å². The van der Waals surface area contributed by atoms with Crippen molar-refractivity contribution in [2.75, 3.05) is 16.3 Å². The largest absolute Gasteiger partial charge is 0.382 e. The molecule has 0 spiro atoms. The van der Waals surface area contributed by atoms with E-state index in [-0.39, 0.29) is 0 Å². The summed E-state index contributed by atoms with van der Waals surface area (Å²) in [4.78, 5) is 3.45. The van der Waals surface area contributed by atoms with Gasteiger partial charge in [0.15, 0.2) is 5.82 Å². The Morgan fingerprint density at radius 1 is 1.09 bits per heavy atom. The molecule has 1 aromatic carbocycles. The van der Waals surface area contributed by atoms with E-state index in [1.54, 1.807) is 28.0 Å². The smallest absolute Gasteiger partial charge is 0.228 e. The van der Waals surface area contributed by atoms with Crippen molar-refractivity contribution in [2.24, 2.45) is 11.5 Å². The number of unbranched alkanes of at least 4 members (excludes halogenated alkanes) is 1. The van der Waals surface area contributed by atoms with E-state index in [2.05, 4.69) is 17.2 Å². The van der Waals surface area contributed by atoms with Gasteiger partial charge in [-0.05, 0) is 34.9 Å². The first-order valence-electron chi connectivity index (χ1n) is 7.15. The molecule has 2 aromatic rings. The molecule has 122 valence electrons. The number of anilines is 3. The maximum Gasteiger partial charge on any atom is 0.228 e. The Kier molecular flexibility index (Phi) is 4.23. The second kappa shape index (κ2) is 6.17. The molecule has 2 heterocycles. The van der Waals surface area contributed by atoms with Crippen LogP contribution in [0.2, 0.25) is 10.0 Å². The molecule has 0 fully saturated rings. The standard InChI is InChI=1S/C14H16Cl2N6O/c1-2-3-6-21-11(17)12(18)22(14-13(21)19-23-20-14)8-4-5-9(15)10(16)7-8/h4-5,7H,2-3,6,17-18H2,1H3. The molecule has 4 N–H and O–H groups in total. The van der Waals surface area contributed by atoms with Crippen molar-refractivity contribution in [1.82, 2.24) is 10.3 Å². The molecule has 0 unspecified atom stereocenters. The van der Waals surface area contributed by atoms with Gasteiger partial charge >= 0.3 is 0 Å². The highest BCUT2D eigenvalue weighted by molar-refractivity contribution is 6.42. The summed E-state index contributed by atoms with van der Waals surface area (Å²) in [5.41, 5.74) is 13.1. The molecule has 0 saturated heterocycles. The number of fused-ring (bicyclic) bond motifs is 1. The molecule has 0 amide bonds. The molecule has 0 atom stereocenters. The molecule has 3 rings (SSSR count). The van der Waals surface area contributed by atoms with E-state index in [1.807, 2.05) is 0 Å². The molecular formula is C14H16Cl2N6O. The van der Waals surface area contributed by atoms with E-state index >= 15 is 0 Å². The van der Waals surface area contributed by atoms with Crippen molar-refractivity contribution < 1.29 is 4.63 Å². The van der Waals surface area contributed by atoms with E-state index < -0.39 is 0 Å². The van der Waals surface area contributed by atoms with Crippen LogP contribution in [0.25, 0.3) is 0 Å². The van der Waals surface area contributed by atoms with Gasteiger partial charge < -0.3 is 16.4 Å². The van der Waals surface area contributed by atoms with Crippen LogP contribution < -0.4 is 21.3 Å². The Bertz CT molecular complexity index is 759. The van der Waals surface area contributed by atoms with Gasteiger partial charge in [0.25, 0.3) is 0 Å². The Morgan fingerprint density at radius 3 is 2.52 bits per heavy atom. The Hall–Kier alpha value is -2.12. The highest BCUT2D eigenvalue weighted by Crippen LogP contribution is 2.40. The fourth-order valence-corrected chi connectivity index (χ4v) is 2.69. The second-order valence-electron chi connectivity index (χ2n) is 5.12. The van der Waals surface area contributed by atoms with E-state index in [1.165, 1.54) is 0 Å². The third-order valence-electron chi connectivity index (χ3n) is 3.61. The molecule has 0 aliphatic carbocycles. The van der Waals surface area contributed by atoms with Gasteiger partial charge in [0, 0.05) is 6.54 Å². The van der Waals surface area contributed by atoms with E-state index in [0.29, 0.717) is 45.6 Å². The van der Waals surface area contributed by atoms with Gasteiger partial charge in [-0.25, -0.2) is 4.63 Å². The minimum atomic E-state index is 0.336. The number of benzene rings is 1. The van der Waals surface area contributed by atoms with Crippen molar-refractivity contribution in [2.45, 2.75) is 19.8 Å². The second-order valence-corrected chi connectivity index (χ2v) is 5.94. The van der Waals surface area contributed by atoms with Gasteiger partial charge in [0.2, 0.25) is 11.6 Å². The first-order chi connectivity index (χ1) is 11.0. The van der Waals surface area contributed by atoms with E-state index in [9.17, 15) is 0 Å². The average Bonchev–Trinajstić information content (AvgIpc) is 3.00. The fourth-order valence-electron chi connectivity index (χ4n) is 2.40. The minimum Gasteiger partial charge on any atom is -0.382 e. The normalized spacial score (nSPS) is 14.4. The molecule has 0 bridgehead atoms. The third kappa shape index (κ3) is 2.66. The number of hydrogen-bond donors (Lipinski definition) is 2. The molecule has 0 radical (unpaired) electrons. The minimum absolute atomic E-state index is 0.336. The first kappa shape index (κ1) is 15.8. The Morgan fingerprint density at radius 2 is 1.83 bits per heavy atom. The third-order valence-corrected chi connectivity index (χ3v) is 4.35. The monoisotopic (exact) mass is 354 g/mol. The molecule has 1 aliphatic rings. The fraction of sp³-hybridized carbons (Fsp3) is 0.286. The Labute approximate surface area is 143 Å². The molecular weight excluding hydrogens is 339 g/mol. The van der Waals surface area contributed by atoms with Crippen LogP contribution in [0.1, 0.15) is 19.8 Å². The van der Waals surface area contributed by atoms with Gasteiger partial charge in [-0.1, -0.05) is 36.5 Å². The van der Waals surface area contributed by atoms with Crippen LogP contribution in [0.4, 0.5) is 17.3 Å². The van der Waals surface area contributed by atoms with Crippen LogP contribution in [0.5, 0.6) is 0 Å². The Balaban J connectivity index is 2.08. The van der Waals surface area contributed by atoms with Crippen LogP contribution in [0, 0.1) is 0 Å². The summed E-state index contributed by atoms with van der Waals surface area (Å²) in [5, 5.41) is 8.78. The lowest BCUT2D eigenvalue weighted by atomic mass is 10.2. The molecule has 1 aliphatic heterocycles. The van der Waals surface area contributed by atoms with Gasteiger partial charge in [0.05, 0.1) is 15.7 Å². The predicted octanol–water partition coefficient (Wildman–Crippen LogP) is 3.18. The zero-order chi connectivity index (χ0) is 16.6. The van der Waals surface area contributed by atoms with Crippen LogP contribution >= 0.6 is 23.2 Å². The zero-order valence-corrected chi connectivity index (χ0v) is 14.0. The predicted molar refractivity (Wildman–Crippen MR) is 90.6 cm³/mol. The maximum atomic E-state index is 6.23. The zero-order valence-electron chi connectivity index (χ0n) is 12.5. The lowest BCUT2D eigenvalue weighted by Crippen LogP contribution is -2.41. The number of hydrogen-bond acceptors (Lipinski definition) is 7. The molecule has 9 heteroatoms. The van der Waals surface area contributed by atoms with E-state index in [0.717, 1.165) is 12.8 Å². The quantitative estimate of drug-likeness (QED) is 0.869. The summed E-state index contributed by atoms with van der Waals surface area (Å²) >= 11 is 12.1. The molecule has 1 aromatic heterocycles. The van der Waals surface area contributed by atoms with Crippen molar-refractivity contribution in [1.29, 1.82) is 0 Å². The topological polar surface area (TPSA) is 97.4 Å². The van der Waals surface area contributed by atoms with Crippen molar-refractivity contribution in [3.8, 4) is 0 Å². The van der Waals surface area contributed by atoms with Gasteiger partial charge in [0.1, 0.15) is 5.82 Å². The SMILES string of the molecule is CCCCN1C(N)=C(N)N(c2ccc(Cl)c(Cl)c2)c2nonc21. The summed E-state index contributed by atoms with van der Waals surface area (Å²) in [6, 6.07) is 5.14. The van der Waals surface area contributed by atoms with Crippen LogP contribution in [0.15, 0.2) is 34.5 Å².